The molecule has 0 N–H and O–H groups in total. The van der Waals surface area contributed by atoms with E-state index in [1.54, 1.807) is 42.5 Å². The Morgan fingerprint density at radius 3 is 2.58 bits per heavy atom. The summed E-state index contributed by atoms with van der Waals surface area (Å²) in [5, 5.41) is 8.79. The molecule has 0 atom stereocenters. The van der Waals surface area contributed by atoms with E-state index < -0.39 is 5.97 Å². The van der Waals surface area contributed by atoms with E-state index in [-0.39, 0.29) is 11.0 Å². The lowest BCUT2D eigenvalue weighted by Gasteiger charge is -2.09. The molecule has 0 bridgehead atoms. The van der Waals surface area contributed by atoms with Gasteiger partial charge in [0.05, 0.1) is 6.61 Å². The van der Waals surface area contributed by atoms with Crippen molar-refractivity contribution in [3.05, 3.63) is 53.6 Å². The second-order valence-electron chi connectivity index (χ2n) is 5.02. The SMILES string of the molecule is CCOc1ccccc1OC(=O)CSc1nnc(-c2ccc(Cl)cc2)o1. The summed E-state index contributed by atoms with van der Waals surface area (Å²) < 4.78 is 16.3. The Hall–Kier alpha value is -2.51. The van der Waals surface area contributed by atoms with Crippen molar-refractivity contribution in [3.8, 4) is 23.0 Å². The van der Waals surface area contributed by atoms with Crippen molar-refractivity contribution < 1.29 is 18.7 Å². The first-order valence-corrected chi connectivity index (χ1v) is 9.17. The fourth-order valence-corrected chi connectivity index (χ4v) is 2.72. The number of rotatable bonds is 7. The van der Waals surface area contributed by atoms with Gasteiger partial charge in [-0.15, -0.1) is 10.2 Å². The molecule has 0 unspecified atom stereocenters. The summed E-state index contributed by atoms with van der Waals surface area (Å²) in [7, 11) is 0. The van der Waals surface area contributed by atoms with Gasteiger partial charge in [-0.1, -0.05) is 35.5 Å². The molecule has 0 saturated heterocycles. The van der Waals surface area contributed by atoms with Crippen LogP contribution in [0.15, 0.2) is 58.2 Å². The van der Waals surface area contributed by atoms with Crippen LogP contribution in [0.2, 0.25) is 5.02 Å². The number of halogens is 1. The van der Waals surface area contributed by atoms with Crippen LogP contribution >= 0.6 is 23.4 Å². The van der Waals surface area contributed by atoms with E-state index in [4.69, 9.17) is 25.5 Å². The summed E-state index contributed by atoms with van der Waals surface area (Å²) in [4.78, 5) is 12.1. The highest BCUT2D eigenvalue weighted by Gasteiger charge is 2.14. The molecule has 0 aliphatic heterocycles. The Kier molecular flexibility index (Phi) is 6.14. The molecular formula is C18H15ClN2O4S. The van der Waals surface area contributed by atoms with Gasteiger partial charge in [-0.25, -0.2) is 0 Å². The van der Waals surface area contributed by atoms with Gasteiger partial charge < -0.3 is 13.9 Å². The first-order valence-electron chi connectivity index (χ1n) is 7.80. The summed E-state index contributed by atoms with van der Waals surface area (Å²) in [6.45, 7) is 2.35. The van der Waals surface area contributed by atoms with E-state index in [1.807, 2.05) is 13.0 Å². The molecule has 0 aliphatic rings. The Bertz CT molecular complexity index is 883. The van der Waals surface area contributed by atoms with Gasteiger partial charge in [0.25, 0.3) is 5.22 Å². The standard InChI is InChI=1S/C18H15ClN2O4S/c1-2-23-14-5-3-4-6-15(14)24-16(22)11-26-18-21-20-17(25-18)12-7-9-13(19)10-8-12/h3-10H,2,11H2,1H3. The number of benzene rings is 2. The fraction of sp³-hybridized carbons (Fsp3) is 0.167. The molecule has 3 rings (SSSR count). The molecule has 8 heteroatoms. The van der Waals surface area contributed by atoms with Gasteiger partial charge >= 0.3 is 5.97 Å². The van der Waals surface area contributed by atoms with Gasteiger partial charge in [-0.05, 0) is 43.3 Å². The molecule has 2 aromatic carbocycles. The van der Waals surface area contributed by atoms with Crippen LogP contribution in [0.4, 0.5) is 0 Å². The van der Waals surface area contributed by atoms with Gasteiger partial charge in [0.2, 0.25) is 5.89 Å². The van der Waals surface area contributed by atoms with Gasteiger partial charge in [-0.3, -0.25) is 4.79 Å². The molecular weight excluding hydrogens is 376 g/mol. The zero-order chi connectivity index (χ0) is 18.4. The minimum atomic E-state index is -0.437. The number of hydrogen-bond acceptors (Lipinski definition) is 7. The number of carbonyl (C=O) groups is 1. The van der Waals surface area contributed by atoms with E-state index in [2.05, 4.69) is 10.2 Å². The minimum absolute atomic E-state index is 0.0305. The molecule has 134 valence electrons. The molecule has 0 saturated carbocycles. The van der Waals surface area contributed by atoms with E-state index >= 15 is 0 Å². The average Bonchev–Trinajstić information content (AvgIpc) is 3.11. The number of hydrogen-bond donors (Lipinski definition) is 0. The Labute approximate surface area is 159 Å². The third kappa shape index (κ3) is 4.77. The molecule has 26 heavy (non-hydrogen) atoms. The van der Waals surface area contributed by atoms with E-state index in [0.717, 1.165) is 17.3 Å². The van der Waals surface area contributed by atoms with Gasteiger partial charge in [0.1, 0.15) is 5.75 Å². The lowest BCUT2D eigenvalue weighted by Crippen LogP contribution is -2.11. The summed E-state index contributed by atoms with van der Waals surface area (Å²) in [6.07, 6.45) is 0. The van der Waals surface area contributed by atoms with Crippen LogP contribution in [0.25, 0.3) is 11.5 Å². The van der Waals surface area contributed by atoms with Crippen molar-refractivity contribution in [2.24, 2.45) is 0 Å². The highest BCUT2D eigenvalue weighted by Crippen LogP contribution is 2.28. The largest absolute Gasteiger partial charge is 0.490 e. The van der Waals surface area contributed by atoms with Crippen LogP contribution in [0.3, 0.4) is 0 Å². The van der Waals surface area contributed by atoms with Crippen LogP contribution in [-0.2, 0) is 4.79 Å². The summed E-state index contributed by atoms with van der Waals surface area (Å²) in [5.41, 5.74) is 0.752. The Morgan fingerprint density at radius 2 is 1.85 bits per heavy atom. The van der Waals surface area contributed by atoms with Gasteiger partial charge in [0, 0.05) is 10.6 Å². The van der Waals surface area contributed by atoms with Crippen LogP contribution in [0, 0.1) is 0 Å². The smallest absolute Gasteiger partial charge is 0.321 e. The second-order valence-corrected chi connectivity index (χ2v) is 6.39. The zero-order valence-electron chi connectivity index (χ0n) is 13.8. The second kappa shape index (κ2) is 8.73. The number of esters is 1. The maximum atomic E-state index is 12.1. The topological polar surface area (TPSA) is 74.5 Å². The van der Waals surface area contributed by atoms with Crippen molar-refractivity contribution in [1.82, 2.24) is 10.2 Å². The van der Waals surface area contributed by atoms with Crippen LogP contribution in [0.1, 0.15) is 6.92 Å². The molecule has 1 heterocycles. The molecule has 0 amide bonds. The van der Waals surface area contributed by atoms with Crippen molar-refractivity contribution in [2.75, 3.05) is 12.4 Å². The molecule has 6 nitrogen and oxygen atoms in total. The Balaban J connectivity index is 1.58. The van der Waals surface area contributed by atoms with E-state index in [1.165, 1.54) is 0 Å². The summed E-state index contributed by atoms with van der Waals surface area (Å²) in [6, 6.07) is 14.0. The quantitative estimate of drug-likeness (QED) is 0.334. The van der Waals surface area contributed by atoms with Crippen molar-refractivity contribution in [3.63, 3.8) is 0 Å². The highest BCUT2D eigenvalue weighted by molar-refractivity contribution is 7.99. The van der Waals surface area contributed by atoms with Crippen LogP contribution < -0.4 is 9.47 Å². The molecule has 0 radical (unpaired) electrons. The fourth-order valence-electron chi connectivity index (χ4n) is 2.06. The molecule has 1 aromatic heterocycles. The lowest BCUT2D eigenvalue weighted by atomic mass is 10.2. The number of para-hydroxylation sites is 2. The molecule has 3 aromatic rings. The molecule has 0 fully saturated rings. The third-order valence-corrected chi connectivity index (χ3v) is 4.23. The molecule has 0 aliphatic carbocycles. The lowest BCUT2D eigenvalue weighted by molar-refractivity contribution is -0.131. The minimum Gasteiger partial charge on any atom is -0.490 e. The number of thioether (sulfide) groups is 1. The van der Waals surface area contributed by atoms with Crippen LogP contribution in [-0.4, -0.2) is 28.5 Å². The highest BCUT2D eigenvalue weighted by atomic mass is 35.5. The van der Waals surface area contributed by atoms with E-state index in [0.29, 0.717) is 29.0 Å². The normalized spacial score (nSPS) is 10.5. The number of aromatic nitrogens is 2. The summed E-state index contributed by atoms with van der Waals surface area (Å²) >= 11 is 6.96. The number of carbonyl (C=O) groups excluding carboxylic acids is 1. The third-order valence-electron chi connectivity index (χ3n) is 3.18. The maximum Gasteiger partial charge on any atom is 0.321 e. The maximum absolute atomic E-state index is 12.1. The first-order chi connectivity index (χ1) is 12.7. The van der Waals surface area contributed by atoms with Crippen molar-refractivity contribution in [2.45, 2.75) is 12.1 Å². The average molecular weight is 391 g/mol. The number of ether oxygens (including phenoxy) is 2. The predicted molar refractivity (Wildman–Crippen MR) is 98.7 cm³/mol. The van der Waals surface area contributed by atoms with Crippen LogP contribution in [0.5, 0.6) is 11.5 Å². The van der Waals surface area contributed by atoms with Crippen molar-refractivity contribution >= 4 is 29.3 Å². The summed E-state index contributed by atoms with van der Waals surface area (Å²) in [5.74, 6) is 0.860. The zero-order valence-corrected chi connectivity index (χ0v) is 15.4. The first kappa shape index (κ1) is 18.3. The molecule has 0 spiro atoms. The van der Waals surface area contributed by atoms with Gasteiger partial charge in [-0.2, -0.15) is 0 Å². The Morgan fingerprint density at radius 1 is 1.12 bits per heavy atom. The predicted octanol–water partition coefficient (Wildman–Crippen LogP) is 4.49. The monoisotopic (exact) mass is 390 g/mol. The van der Waals surface area contributed by atoms with E-state index in [9.17, 15) is 4.79 Å². The number of nitrogens with zero attached hydrogens (tertiary/aromatic N) is 2. The van der Waals surface area contributed by atoms with Gasteiger partial charge in [0.15, 0.2) is 11.5 Å². The van der Waals surface area contributed by atoms with Crippen molar-refractivity contribution in [1.29, 1.82) is 0 Å².